The van der Waals surface area contributed by atoms with Gasteiger partial charge in [-0.25, -0.2) is 0 Å². The molecule has 9 heavy (non-hydrogen) atoms. The zero-order chi connectivity index (χ0) is 6.69. The van der Waals surface area contributed by atoms with Gasteiger partial charge in [-0.15, -0.1) is 0 Å². The van der Waals surface area contributed by atoms with Crippen LogP contribution in [0.1, 0.15) is 4.88 Å². The first kappa shape index (κ1) is 6.15. The van der Waals surface area contributed by atoms with Crippen LogP contribution in [0.3, 0.4) is 0 Å². The van der Waals surface area contributed by atoms with Crippen molar-refractivity contribution < 1.29 is 4.68 Å². The largest absolute Gasteiger partial charge is 0.792 e. The fraction of sp³-hybridized carbons (Fsp3) is 0.250. The van der Waals surface area contributed by atoms with E-state index in [1.807, 2.05) is 0 Å². The topological polar surface area (TPSA) is 52.2 Å². The Kier molecular flexibility index (Phi) is 1.74. The lowest BCUT2D eigenvalue weighted by atomic mass is 10.6. The van der Waals surface area contributed by atoms with E-state index in [-0.39, 0.29) is 0 Å². The molecule has 0 bridgehead atoms. The number of aryl methyl sites for hydroxylation is 1. The van der Waals surface area contributed by atoms with Crippen molar-refractivity contribution >= 4 is 17.7 Å². The van der Waals surface area contributed by atoms with Crippen molar-refractivity contribution in [3.05, 3.63) is 16.3 Å². The van der Waals surface area contributed by atoms with Gasteiger partial charge in [-0.1, -0.05) is 4.68 Å². The Hall–Kier alpha value is -0.970. The van der Waals surface area contributed by atoms with E-state index in [1.165, 1.54) is 17.7 Å². The van der Waals surface area contributed by atoms with Crippen LogP contribution in [0.5, 0.6) is 0 Å². The van der Waals surface area contributed by atoms with E-state index in [1.54, 1.807) is 17.9 Å². The van der Waals surface area contributed by atoms with E-state index in [4.69, 9.17) is 0 Å². The fourth-order valence-electron chi connectivity index (χ4n) is 0.452. The Balaban J connectivity index is 2.85. The van der Waals surface area contributed by atoms with Gasteiger partial charge in [-0.05, 0) is 0 Å². The first-order valence-electron chi connectivity index (χ1n) is 2.31. The van der Waals surface area contributed by atoms with Gasteiger partial charge in [0.05, 0.1) is 4.49 Å². The van der Waals surface area contributed by atoms with Crippen LogP contribution < -0.4 is 4.68 Å². The monoisotopic (exact) mass is 143 g/mol. The molecule has 0 N–H and O–H groups in total. The summed E-state index contributed by atoms with van der Waals surface area (Å²) in [7, 11) is 1.79. The molecule has 0 aliphatic heterocycles. The summed E-state index contributed by atoms with van der Waals surface area (Å²) in [5, 5.41) is 12.2. The van der Waals surface area contributed by atoms with Gasteiger partial charge in [-0.3, -0.25) is 0 Å². The third kappa shape index (κ3) is 1.46. The number of nitrogens with zero attached hydrogens (tertiary/aromatic N) is 3. The van der Waals surface area contributed by atoms with E-state index in [2.05, 4.69) is 9.64 Å². The maximum atomic E-state index is 9.65. The summed E-state index contributed by atoms with van der Waals surface area (Å²) in [5.74, 6) is 0. The molecule has 1 aromatic heterocycles. The molecule has 0 saturated heterocycles. The molecule has 0 atom stereocenters. The Morgan fingerprint density at radius 3 is 3.22 bits per heavy atom. The SMILES string of the molecule is C[n+]1cc(/C=N\[O-])sn1. The maximum absolute atomic E-state index is 9.65. The van der Waals surface area contributed by atoms with Gasteiger partial charge in [0.2, 0.25) is 6.20 Å². The second kappa shape index (κ2) is 2.54. The van der Waals surface area contributed by atoms with Crippen LogP contribution in [-0.4, -0.2) is 10.7 Å². The second-order valence-electron chi connectivity index (χ2n) is 1.51. The van der Waals surface area contributed by atoms with Crippen LogP contribution in [-0.2, 0) is 7.05 Å². The van der Waals surface area contributed by atoms with Gasteiger partial charge in [0.25, 0.3) is 0 Å². The molecule has 0 saturated carbocycles. The Morgan fingerprint density at radius 2 is 2.78 bits per heavy atom. The molecule has 5 heteroatoms. The van der Waals surface area contributed by atoms with E-state index in [0.29, 0.717) is 0 Å². The molecule has 1 rings (SSSR count). The molecule has 0 amide bonds. The van der Waals surface area contributed by atoms with E-state index >= 15 is 0 Å². The minimum atomic E-state index is 0.771. The molecule has 1 heterocycles. The lowest BCUT2D eigenvalue weighted by Gasteiger charge is -1.81. The quantitative estimate of drug-likeness (QED) is 0.313. The average molecular weight is 143 g/mol. The Bertz CT molecular complexity index is 219. The highest BCUT2D eigenvalue weighted by molar-refractivity contribution is 7.07. The molecular weight excluding hydrogens is 138 g/mol. The van der Waals surface area contributed by atoms with Crippen LogP contribution in [0.2, 0.25) is 0 Å². The van der Waals surface area contributed by atoms with Gasteiger partial charge >= 0.3 is 0 Å². The predicted octanol–water partition coefficient (Wildman–Crippen LogP) is -0.116. The van der Waals surface area contributed by atoms with Crippen molar-refractivity contribution in [2.75, 3.05) is 0 Å². The van der Waals surface area contributed by atoms with E-state index in [9.17, 15) is 5.21 Å². The van der Waals surface area contributed by atoms with Gasteiger partial charge in [-0.2, -0.15) is 0 Å². The van der Waals surface area contributed by atoms with Crippen LogP contribution >= 0.6 is 11.5 Å². The summed E-state index contributed by atoms with van der Waals surface area (Å²) in [5.41, 5.74) is 0. The third-order valence-electron chi connectivity index (χ3n) is 0.769. The third-order valence-corrected chi connectivity index (χ3v) is 1.53. The summed E-state index contributed by atoms with van der Waals surface area (Å²) in [4.78, 5) is 0.771. The molecule has 0 fully saturated rings. The molecule has 4 nitrogen and oxygen atoms in total. The molecule has 0 aliphatic rings. The average Bonchev–Trinajstić information content (AvgIpc) is 2.17. The second-order valence-corrected chi connectivity index (χ2v) is 2.33. The van der Waals surface area contributed by atoms with Crippen LogP contribution in [0, 0.1) is 5.21 Å². The molecule has 48 valence electrons. The van der Waals surface area contributed by atoms with Crippen molar-refractivity contribution in [2.45, 2.75) is 0 Å². The first-order valence-corrected chi connectivity index (χ1v) is 3.08. The van der Waals surface area contributed by atoms with Gasteiger partial charge in [0.1, 0.15) is 4.88 Å². The maximum Gasteiger partial charge on any atom is 0.217 e. The number of rotatable bonds is 1. The lowest BCUT2D eigenvalue weighted by Crippen LogP contribution is -2.27. The van der Waals surface area contributed by atoms with E-state index < -0.39 is 0 Å². The highest BCUT2D eigenvalue weighted by Crippen LogP contribution is 1.94. The summed E-state index contributed by atoms with van der Waals surface area (Å²) < 4.78 is 5.49. The fourth-order valence-corrected chi connectivity index (χ4v) is 1.01. The summed E-state index contributed by atoms with van der Waals surface area (Å²) in [6.07, 6.45) is 2.96. The summed E-state index contributed by atoms with van der Waals surface area (Å²) in [6.45, 7) is 0. The highest BCUT2D eigenvalue weighted by Gasteiger charge is 1.98. The number of hydrogen-bond acceptors (Lipinski definition) is 4. The van der Waals surface area contributed by atoms with Crippen LogP contribution in [0.25, 0.3) is 0 Å². The Morgan fingerprint density at radius 1 is 2.00 bits per heavy atom. The molecule has 0 aliphatic carbocycles. The first-order chi connectivity index (χ1) is 4.33. The van der Waals surface area contributed by atoms with Gasteiger partial charge in [0, 0.05) is 17.7 Å². The lowest BCUT2D eigenvalue weighted by molar-refractivity contribution is -0.722. The number of hydrogen-bond donors (Lipinski definition) is 0. The van der Waals surface area contributed by atoms with Crippen LogP contribution in [0.15, 0.2) is 11.4 Å². The van der Waals surface area contributed by atoms with Gasteiger partial charge < -0.3 is 10.4 Å². The standard InChI is InChI=1S/C4H5N3OS/c1-7-3-4(2-5-8)9-6-7/h2-3H,1H3/b5-2-. The minimum Gasteiger partial charge on any atom is -0.792 e. The zero-order valence-corrected chi connectivity index (χ0v) is 5.63. The van der Waals surface area contributed by atoms with Gasteiger partial charge in [0.15, 0.2) is 7.05 Å². The highest BCUT2D eigenvalue weighted by atomic mass is 32.1. The van der Waals surface area contributed by atoms with E-state index in [0.717, 1.165) is 4.88 Å². The normalized spacial score (nSPS) is 10.8. The molecule has 0 spiro atoms. The summed E-state index contributed by atoms with van der Waals surface area (Å²) in [6, 6.07) is 0. The van der Waals surface area contributed by atoms with Crippen molar-refractivity contribution in [1.82, 2.24) is 4.49 Å². The van der Waals surface area contributed by atoms with Crippen molar-refractivity contribution in [3.63, 3.8) is 0 Å². The summed E-state index contributed by atoms with van der Waals surface area (Å²) >= 11 is 1.24. The minimum absolute atomic E-state index is 0.771. The van der Waals surface area contributed by atoms with Crippen molar-refractivity contribution in [3.8, 4) is 0 Å². The zero-order valence-electron chi connectivity index (χ0n) is 4.81. The smallest absolute Gasteiger partial charge is 0.217 e. The van der Waals surface area contributed by atoms with Crippen molar-refractivity contribution in [1.29, 1.82) is 0 Å². The van der Waals surface area contributed by atoms with Crippen molar-refractivity contribution in [2.24, 2.45) is 12.2 Å². The Labute approximate surface area is 56.2 Å². The number of aromatic nitrogens is 2. The van der Waals surface area contributed by atoms with Crippen LogP contribution in [0.4, 0.5) is 0 Å². The molecule has 1 aromatic rings. The molecular formula is C4H5N3OS. The molecule has 0 unspecified atom stereocenters. The molecule has 0 aromatic carbocycles. The molecule has 0 radical (unpaired) electrons. The predicted molar refractivity (Wildman–Crippen MR) is 34.3 cm³/mol.